The molecule has 0 bridgehead atoms. The molecule has 4 rings (SSSR count). The molecule has 0 radical (unpaired) electrons. The number of ether oxygens (including phenoxy) is 1. The number of nitrogens with zero attached hydrogens (tertiary/aromatic N) is 3. The number of nitrogens with one attached hydrogen (secondary N) is 1. The van der Waals surface area contributed by atoms with Crippen LogP contribution in [-0.2, 0) is 10.0 Å². The Hall–Kier alpha value is -3.95. The normalized spacial score (nSPS) is 11.6. The summed E-state index contributed by atoms with van der Waals surface area (Å²) >= 11 is 6.26. The quantitative estimate of drug-likeness (QED) is 0.213. The number of sulfonamides is 1. The van der Waals surface area contributed by atoms with Gasteiger partial charge in [-0.2, -0.15) is 5.10 Å². The summed E-state index contributed by atoms with van der Waals surface area (Å²) in [7, 11) is -0.687. The van der Waals surface area contributed by atoms with Crippen LogP contribution in [0.25, 0.3) is 10.9 Å². The van der Waals surface area contributed by atoms with E-state index in [1.165, 1.54) is 29.7 Å². The molecule has 1 heterocycles. The Morgan fingerprint density at radius 1 is 1.06 bits per heavy atom. The highest BCUT2D eigenvalue weighted by Gasteiger charge is 2.21. The molecule has 3 aromatic carbocycles. The number of pyridine rings is 1. The molecular weight excluding hydrogens is 500 g/mol. The summed E-state index contributed by atoms with van der Waals surface area (Å²) in [4.78, 5) is 17.0. The van der Waals surface area contributed by atoms with E-state index >= 15 is 0 Å². The lowest BCUT2D eigenvalue weighted by Gasteiger charge is -2.19. The Morgan fingerprint density at radius 3 is 2.42 bits per heavy atom. The van der Waals surface area contributed by atoms with Crippen molar-refractivity contribution in [2.75, 3.05) is 18.5 Å². The molecule has 10 heteroatoms. The van der Waals surface area contributed by atoms with Gasteiger partial charge in [-0.05, 0) is 61.5 Å². The van der Waals surface area contributed by atoms with Crippen molar-refractivity contribution in [2.24, 2.45) is 5.10 Å². The zero-order valence-electron chi connectivity index (χ0n) is 19.8. The molecule has 1 aromatic heterocycles. The fraction of sp³-hybridized carbons (Fsp3) is 0.115. The second-order valence-electron chi connectivity index (χ2n) is 7.96. The summed E-state index contributed by atoms with van der Waals surface area (Å²) in [6.45, 7) is 1.89. The van der Waals surface area contributed by atoms with Gasteiger partial charge in [-0.25, -0.2) is 18.8 Å². The first-order valence-electron chi connectivity index (χ1n) is 10.8. The summed E-state index contributed by atoms with van der Waals surface area (Å²) < 4.78 is 32.1. The van der Waals surface area contributed by atoms with Crippen LogP contribution in [0.15, 0.2) is 82.8 Å². The lowest BCUT2D eigenvalue weighted by Crippen LogP contribution is -2.26. The minimum atomic E-state index is -3.73. The summed E-state index contributed by atoms with van der Waals surface area (Å²) in [5.41, 5.74) is 5.35. The van der Waals surface area contributed by atoms with E-state index in [9.17, 15) is 13.2 Å². The second-order valence-corrected chi connectivity index (χ2v) is 10.3. The topological polar surface area (TPSA) is 101 Å². The lowest BCUT2D eigenvalue weighted by atomic mass is 10.1. The van der Waals surface area contributed by atoms with Crippen molar-refractivity contribution < 1.29 is 17.9 Å². The van der Waals surface area contributed by atoms with E-state index in [1.807, 2.05) is 19.1 Å². The number of hydrazone groups is 1. The molecule has 0 aliphatic rings. The number of hydrogen-bond donors (Lipinski definition) is 1. The van der Waals surface area contributed by atoms with Crippen LogP contribution < -0.4 is 14.5 Å². The first-order valence-corrected chi connectivity index (χ1v) is 12.6. The van der Waals surface area contributed by atoms with E-state index in [0.717, 1.165) is 10.9 Å². The monoisotopic (exact) mass is 522 g/mol. The third kappa shape index (κ3) is 5.32. The highest BCUT2D eigenvalue weighted by atomic mass is 35.5. The lowest BCUT2D eigenvalue weighted by molar-refractivity contribution is 0.0955. The van der Waals surface area contributed by atoms with Crippen LogP contribution in [0.4, 0.5) is 5.69 Å². The van der Waals surface area contributed by atoms with Gasteiger partial charge in [-0.15, -0.1) is 0 Å². The number of hydrogen-bond acceptors (Lipinski definition) is 6. The van der Waals surface area contributed by atoms with Crippen LogP contribution >= 0.6 is 11.6 Å². The maximum Gasteiger partial charge on any atom is 0.271 e. The van der Waals surface area contributed by atoms with Gasteiger partial charge in [0.25, 0.3) is 15.9 Å². The molecule has 0 spiro atoms. The van der Waals surface area contributed by atoms with Gasteiger partial charge >= 0.3 is 0 Å². The Morgan fingerprint density at radius 2 is 1.75 bits per heavy atom. The SMILES string of the molecule is COc1ccc2cc(/C=N\NC(=O)c3ccc(N(C)S(=O)(=O)c4ccc(C)cc4)cc3)c(Cl)nc2c1. The fourth-order valence-corrected chi connectivity index (χ4v) is 4.80. The third-order valence-corrected chi connectivity index (χ3v) is 7.65. The number of aromatic nitrogens is 1. The van der Waals surface area contributed by atoms with E-state index in [1.54, 1.807) is 55.6 Å². The first-order chi connectivity index (χ1) is 17.2. The van der Waals surface area contributed by atoms with Gasteiger partial charge in [-0.3, -0.25) is 9.10 Å². The molecule has 36 heavy (non-hydrogen) atoms. The van der Waals surface area contributed by atoms with Crippen LogP contribution in [0.3, 0.4) is 0 Å². The molecular formula is C26H23ClN4O4S. The molecule has 8 nitrogen and oxygen atoms in total. The fourth-order valence-electron chi connectivity index (χ4n) is 3.41. The van der Waals surface area contributed by atoms with Gasteiger partial charge in [-0.1, -0.05) is 29.3 Å². The smallest absolute Gasteiger partial charge is 0.271 e. The van der Waals surface area contributed by atoms with E-state index in [0.29, 0.717) is 28.1 Å². The number of halogens is 1. The Labute approximate surface area is 214 Å². The average molecular weight is 523 g/mol. The number of aryl methyl sites for hydroxylation is 1. The molecule has 1 amide bonds. The van der Waals surface area contributed by atoms with Crippen molar-refractivity contribution in [3.63, 3.8) is 0 Å². The molecule has 4 aromatic rings. The summed E-state index contributed by atoms with van der Waals surface area (Å²) in [5, 5.41) is 5.06. The van der Waals surface area contributed by atoms with Crippen LogP contribution in [-0.4, -0.2) is 39.7 Å². The number of amides is 1. The van der Waals surface area contributed by atoms with E-state index in [4.69, 9.17) is 16.3 Å². The molecule has 184 valence electrons. The predicted molar refractivity (Wildman–Crippen MR) is 142 cm³/mol. The summed E-state index contributed by atoms with van der Waals surface area (Å²) in [6, 6.07) is 20.0. The standard InChI is InChI=1S/C26H23ClN4O4S/c1-17-4-12-23(13-5-17)36(33,34)31(2)21-9-6-18(7-10-21)26(32)30-28-16-20-14-19-8-11-22(35-3)15-24(19)29-25(20)27/h4-16H,1-3H3,(H,30,32)/b28-16-. The van der Waals surface area contributed by atoms with Crippen molar-refractivity contribution in [3.8, 4) is 5.75 Å². The van der Waals surface area contributed by atoms with Gasteiger partial charge in [0.2, 0.25) is 0 Å². The number of fused-ring (bicyclic) bond motifs is 1. The molecule has 0 aliphatic heterocycles. The first kappa shape index (κ1) is 25.2. The number of carbonyl (C=O) groups is 1. The largest absolute Gasteiger partial charge is 0.497 e. The van der Waals surface area contributed by atoms with Crippen molar-refractivity contribution in [1.82, 2.24) is 10.4 Å². The maximum absolute atomic E-state index is 12.9. The van der Waals surface area contributed by atoms with Crippen LogP contribution in [0, 0.1) is 6.92 Å². The molecule has 0 unspecified atom stereocenters. The van der Waals surface area contributed by atoms with Crippen molar-refractivity contribution in [3.05, 3.63) is 94.6 Å². The van der Waals surface area contributed by atoms with Crippen LogP contribution in [0.1, 0.15) is 21.5 Å². The zero-order valence-corrected chi connectivity index (χ0v) is 21.3. The Kier molecular flexibility index (Phi) is 7.23. The molecule has 0 aliphatic carbocycles. The highest BCUT2D eigenvalue weighted by molar-refractivity contribution is 7.92. The van der Waals surface area contributed by atoms with Crippen LogP contribution in [0.5, 0.6) is 5.75 Å². The predicted octanol–water partition coefficient (Wildman–Crippen LogP) is 4.79. The van der Waals surface area contributed by atoms with E-state index < -0.39 is 15.9 Å². The minimum absolute atomic E-state index is 0.188. The summed E-state index contributed by atoms with van der Waals surface area (Å²) in [5.74, 6) is 0.209. The van der Waals surface area contributed by atoms with Gasteiger partial charge < -0.3 is 4.74 Å². The number of rotatable bonds is 7. The molecule has 0 atom stereocenters. The van der Waals surface area contributed by atoms with Crippen molar-refractivity contribution in [2.45, 2.75) is 11.8 Å². The number of benzene rings is 3. The van der Waals surface area contributed by atoms with Crippen molar-refractivity contribution in [1.29, 1.82) is 0 Å². The molecule has 1 N–H and O–H groups in total. The average Bonchev–Trinajstić information content (AvgIpc) is 2.88. The van der Waals surface area contributed by atoms with Gasteiger partial charge in [0.05, 0.1) is 29.4 Å². The summed E-state index contributed by atoms with van der Waals surface area (Å²) in [6.07, 6.45) is 1.41. The van der Waals surface area contributed by atoms with Gasteiger partial charge in [0.15, 0.2) is 0 Å². The number of methoxy groups -OCH3 is 1. The Balaban J connectivity index is 1.44. The molecule has 0 saturated heterocycles. The third-order valence-electron chi connectivity index (χ3n) is 5.55. The minimum Gasteiger partial charge on any atom is -0.497 e. The van der Waals surface area contributed by atoms with Gasteiger partial charge in [0.1, 0.15) is 10.9 Å². The molecule has 0 fully saturated rings. The Bertz CT molecular complexity index is 1550. The van der Waals surface area contributed by atoms with E-state index in [2.05, 4.69) is 15.5 Å². The van der Waals surface area contributed by atoms with Crippen LogP contribution in [0.2, 0.25) is 5.15 Å². The number of anilines is 1. The second kappa shape index (κ2) is 10.3. The number of carbonyl (C=O) groups excluding carboxylic acids is 1. The van der Waals surface area contributed by atoms with Gasteiger partial charge in [0, 0.05) is 29.6 Å². The van der Waals surface area contributed by atoms with Crippen molar-refractivity contribution >= 4 is 50.3 Å². The maximum atomic E-state index is 12.9. The zero-order chi connectivity index (χ0) is 25.9. The molecule has 0 saturated carbocycles. The van der Waals surface area contributed by atoms with E-state index in [-0.39, 0.29) is 10.0 Å². The highest BCUT2D eigenvalue weighted by Crippen LogP contribution is 2.24.